The van der Waals surface area contributed by atoms with E-state index in [1.165, 1.54) is 0 Å². The van der Waals surface area contributed by atoms with Gasteiger partial charge in [-0.15, -0.1) is 0 Å². The number of carbonyl (C=O) groups excluding carboxylic acids is 5. The van der Waals surface area contributed by atoms with Gasteiger partial charge in [-0.25, -0.2) is 0 Å². The number of nitrogens with one attached hydrogen (secondary N) is 5. The highest BCUT2D eigenvalue weighted by Gasteiger charge is 2.63. The van der Waals surface area contributed by atoms with Crippen molar-refractivity contribution in [1.82, 2.24) is 26.6 Å². The molecule has 0 saturated carbocycles. The lowest BCUT2D eigenvalue weighted by Gasteiger charge is -2.51. The summed E-state index contributed by atoms with van der Waals surface area (Å²) >= 11 is 0. The Balaban J connectivity index is 0.886. The molecule has 11 rings (SSSR count). The van der Waals surface area contributed by atoms with E-state index >= 15 is 0 Å². The first-order valence-electron chi connectivity index (χ1n) is 43.7. The molecule has 0 radical (unpaired) electrons. The number of hydrogen-bond donors (Lipinski definition) is 35. The number of aliphatic hydroxyl groups excluding tert-OH is 30. The Morgan fingerprint density at radius 2 is 0.394 bits per heavy atom. The van der Waals surface area contributed by atoms with Crippen LogP contribution in [0.1, 0.15) is 34.6 Å². The van der Waals surface area contributed by atoms with Crippen LogP contribution in [0.2, 0.25) is 0 Å². The van der Waals surface area contributed by atoms with Gasteiger partial charge in [0.25, 0.3) is 0 Å². The van der Waals surface area contributed by atoms with E-state index in [1.807, 2.05) is 0 Å². The Bertz CT molecular complexity index is 3780. The van der Waals surface area contributed by atoms with Crippen LogP contribution in [0.15, 0.2) is 0 Å². The molecule has 0 unspecified atom stereocenters. The predicted octanol–water partition coefficient (Wildman–Crippen LogP) is -24.3. The third kappa shape index (κ3) is 25.0. The van der Waals surface area contributed by atoms with Gasteiger partial charge in [-0.3, -0.25) is 24.0 Å². The molecule has 35 N–H and O–H groups in total. The van der Waals surface area contributed by atoms with Gasteiger partial charge in [0.05, 0.1) is 72.7 Å². The first-order chi connectivity index (χ1) is 64.9. The molecular weight excluding hydrogens is 1880 g/mol. The lowest BCUT2D eigenvalue weighted by atomic mass is 9.93. The first-order valence-corrected chi connectivity index (χ1v) is 43.7. The number of amides is 5. The summed E-state index contributed by atoms with van der Waals surface area (Å²) in [5.74, 6) is -4.73. The minimum Gasteiger partial charge on any atom is -0.394 e. The maximum atomic E-state index is 13.3. The van der Waals surface area contributed by atoms with Gasteiger partial charge in [-0.05, 0) is 0 Å². The molecule has 11 heterocycles. The molecule has 11 saturated heterocycles. The standard InChI is InChI=1S/C76H127N5O56/c1-17(92)77-33-44(103)57(27(11-87)118-66(33)116)129-67-34(78-18(2)93)45(104)61(30(14-90)124-67)133-74-56(115)63(135-76-65(52(111)41(100)25(9-85)123-76)137-70-37(81-21(5)96)47(106)59(29(13-89)127-70)131-72-54(113)50(109)39(98)23(7-83)120-72)43(102)32(128-74)16-117-75-64(51(110)40(99)24(8-84)122-75)136-69-36(80-20(4)95)48(107)60(31(15-91)126-69)132-73-55(114)62(42(101)26(10-86)121-73)134-68-35(79-19(3)94)46(105)58(28(12-88)125-68)130-71-53(112)49(108)38(97)22(6-82)119-71/h22-76,82-91,97-116H,6-16H2,1-5H3,(H,77,92)(H,78,93)(H,79,94)(H,80,95)(H,81,96)/t22-,23-,24-,25-,26-,27-,28-,29-,30-,31-,32-,33-,34-,35-,36-,37-,38+,39+,40-,41-,42+,43-,44-,45-,46-,47-,48-,49+,50+,51+,52+,53-,54-,55-,56+,57-,58-,59-,60-,61-,62+,63+,64+,65+,66-,67+,68+,69+,70+,71+,72+,73+,74+,75+,76-/m1/s1. The molecule has 0 aromatic heterocycles. The average molecular weight is 2010 g/mol. The molecule has 0 spiro atoms. The van der Waals surface area contributed by atoms with Crippen LogP contribution < -0.4 is 26.6 Å². The van der Waals surface area contributed by atoms with Crippen LogP contribution in [0, 0.1) is 0 Å². The fraction of sp³-hybridized carbons (Fsp3) is 0.934. The second-order valence-electron chi connectivity index (χ2n) is 34.5. The molecule has 11 fully saturated rings. The minimum absolute atomic E-state index is 0.813. The summed E-state index contributed by atoms with van der Waals surface area (Å²) in [7, 11) is 0. The highest BCUT2D eigenvalue weighted by atomic mass is 16.8. The molecule has 0 aliphatic carbocycles. The van der Waals surface area contributed by atoms with E-state index in [2.05, 4.69) is 26.6 Å². The normalized spacial score (nSPS) is 48.9. The van der Waals surface area contributed by atoms with Crippen molar-refractivity contribution < 1.29 is 277 Å². The van der Waals surface area contributed by atoms with Crippen LogP contribution >= 0.6 is 0 Å². The Morgan fingerprint density at radius 1 is 0.190 bits per heavy atom. The number of carbonyl (C=O) groups is 5. The van der Waals surface area contributed by atoms with Crippen molar-refractivity contribution in [2.45, 2.75) is 372 Å². The fourth-order valence-corrected chi connectivity index (χ4v) is 17.8. The molecule has 11 aliphatic rings. The van der Waals surface area contributed by atoms with E-state index in [1.54, 1.807) is 0 Å². The number of hydrogen-bond acceptors (Lipinski definition) is 56. The molecule has 5 amide bonds. The zero-order valence-electron chi connectivity index (χ0n) is 73.6. The second kappa shape index (κ2) is 49.5. The van der Waals surface area contributed by atoms with Gasteiger partial charge >= 0.3 is 0 Å². The van der Waals surface area contributed by atoms with Crippen molar-refractivity contribution in [3.8, 4) is 0 Å². The monoisotopic (exact) mass is 2010 g/mol. The van der Waals surface area contributed by atoms with Gasteiger partial charge in [0.15, 0.2) is 69.2 Å². The zero-order valence-corrected chi connectivity index (χ0v) is 73.6. The highest BCUT2D eigenvalue weighted by Crippen LogP contribution is 2.42. The molecule has 61 nitrogen and oxygen atoms in total. The van der Waals surface area contributed by atoms with Crippen molar-refractivity contribution in [3.63, 3.8) is 0 Å². The molecular formula is C76H127N5O56. The summed E-state index contributed by atoms with van der Waals surface area (Å²) < 4.78 is 125. The third-order valence-corrected chi connectivity index (χ3v) is 25.0. The molecule has 0 bridgehead atoms. The summed E-state index contributed by atoms with van der Waals surface area (Å²) in [4.78, 5) is 64.4. The largest absolute Gasteiger partial charge is 0.394 e. The van der Waals surface area contributed by atoms with Crippen molar-refractivity contribution in [2.75, 3.05) is 72.7 Å². The van der Waals surface area contributed by atoms with Crippen molar-refractivity contribution >= 4 is 29.5 Å². The Morgan fingerprint density at radius 3 is 0.701 bits per heavy atom. The van der Waals surface area contributed by atoms with Gasteiger partial charge in [0, 0.05) is 34.6 Å². The van der Waals surface area contributed by atoms with Crippen LogP contribution in [-0.2, 0) is 123 Å². The van der Waals surface area contributed by atoms with E-state index in [4.69, 9.17) is 99.5 Å². The summed E-state index contributed by atoms with van der Waals surface area (Å²) in [6.45, 7) is -7.91. The summed E-state index contributed by atoms with van der Waals surface area (Å²) in [6.07, 6.45) is -107. The number of rotatable bonds is 36. The van der Waals surface area contributed by atoms with Crippen LogP contribution in [0.4, 0.5) is 0 Å². The molecule has 55 atom stereocenters. The first kappa shape index (κ1) is 113. The van der Waals surface area contributed by atoms with Gasteiger partial charge in [0.2, 0.25) is 29.5 Å². The molecule has 61 heteroatoms. The topological polar surface area (TPSA) is 946 Å². The Kier molecular flexibility index (Phi) is 40.7. The second-order valence-corrected chi connectivity index (χ2v) is 34.5. The van der Waals surface area contributed by atoms with Crippen LogP contribution in [-0.4, -0.2) is 593 Å². The number of ether oxygens (including phenoxy) is 21. The van der Waals surface area contributed by atoms with E-state index in [0.29, 0.717) is 0 Å². The smallest absolute Gasteiger partial charge is 0.217 e. The minimum atomic E-state index is -2.64. The number of aliphatic hydroxyl groups is 30. The molecule has 792 valence electrons. The van der Waals surface area contributed by atoms with Gasteiger partial charge < -0.3 is 279 Å². The Labute approximate surface area is 775 Å². The van der Waals surface area contributed by atoms with E-state index in [0.717, 1.165) is 34.6 Å². The van der Waals surface area contributed by atoms with Crippen molar-refractivity contribution in [3.05, 3.63) is 0 Å². The van der Waals surface area contributed by atoms with Crippen LogP contribution in [0.3, 0.4) is 0 Å². The van der Waals surface area contributed by atoms with Gasteiger partial charge in [-0.2, -0.15) is 0 Å². The van der Waals surface area contributed by atoms with Crippen molar-refractivity contribution in [2.24, 2.45) is 0 Å². The summed E-state index contributed by atoms with van der Waals surface area (Å²) in [5, 5.41) is 348. The molecule has 0 aromatic carbocycles. The predicted molar refractivity (Wildman–Crippen MR) is 420 cm³/mol. The quantitative estimate of drug-likeness (QED) is 0.0277. The SMILES string of the molecule is CC(=O)N[C@@H]1[C@@H](O)[C@H](O[C@@H]2O[C@H](CO)[C@@H](O[C@@H]3O[C@H](CO[C@H]4O[C@H](CO)[C@@H](O)[C@H](O)[C@@H]4O[C@@H]4O[C@H](CO)[C@@H](O[C@@H]5O[C@H](CO)[C@H](O)[C@H](O[C@@H]6O[C@H](CO)[C@@H](O[C@@H]7O[C@H](CO)[C@H](O)[C@H](O)[C@H]7O)[C@H](O)[C@H]6NC(C)=O)[C@H]5O)[C@H](O)[C@H]4NC(C)=O)[C@@H](O)[C@H](O[C@H]4O[C@H](CO)[C@@H](O)[C@H](O)[C@@H]4O[C@@H]4O[C@H](CO)[C@@H](O[C@@H]5O[C@H](CO)[C@H](O)[C@H](O)[C@H]5O)[C@H](O)[C@H]4NC(C)=O)[C@@H]3O)[C@H](O)[C@H]2NC(C)=O)[C@@H](CO)O[C@H]1O. The molecule has 0 aromatic rings. The lowest BCUT2D eigenvalue weighted by Crippen LogP contribution is -2.71. The third-order valence-electron chi connectivity index (χ3n) is 25.0. The fourth-order valence-electron chi connectivity index (χ4n) is 17.8. The van der Waals surface area contributed by atoms with Crippen LogP contribution in [0.25, 0.3) is 0 Å². The van der Waals surface area contributed by atoms with E-state index in [-0.39, 0.29) is 0 Å². The lowest BCUT2D eigenvalue weighted by molar-refractivity contribution is -0.399. The maximum absolute atomic E-state index is 13.3. The summed E-state index contributed by atoms with van der Waals surface area (Å²) in [6, 6.07) is -9.60. The van der Waals surface area contributed by atoms with Crippen molar-refractivity contribution in [1.29, 1.82) is 0 Å². The van der Waals surface area contributed by atoms with Gasteiger partial charge in [-0.1, -0.05) is 0 Å². The van der Waals surface area contributed by atoms with Crippen LogP contribution in [0.5, 0.6) is 0 Å². The van der Waals surface area contributed by atoms with E-state index in [9.17, 15) is 177 Å². The zero-order chi connectivity index (χ0) is 101. The maximum Gasteiger partial charge on any atom is 0.217 e. The molecule has 137 heavy (non-hydrogen) atoms. The van der Waals surface area contributed by atoms with E-state index < -0.39 is 440 Å². The highest BCUT2D eigenvalue weighted by molar-refractivity contribution is 5.75. The molecule has 11 aliphatic heterocycles. The Hall–Kier alpha value is -4.69. The summed E-state index contributed by atoms with van der Waals surface area (Å²) in [5.41, 5.74) is 0. The van der Waals surface area contributed by atoms with Gasteiger partial charge in [0.1, 0.15) is 268 Å². The average Bonchev–Trinajstić information content (AvgIpc) is 0.761.